The van der Waals surface area contributed by atoms with Gasteiger partial charge in [-0.1, -0.05) is 5.16 Å². The van der Waals surface area contributed by atoms with Crippen LogP contribution in [0.1, 0.15) is 5.82 Å². The van der Waals surface area contributed by atoms with Crippen molar-refractivity contribution in [3.05, 3.63) is 40.2 Å². The molecule has 0 saturated heterocycles. The number of nitro benzene ring substituents is 1. The maximum absolute atomic E-state index is 10.4. The van der Waals surface area contributed by atoms with E-state index in [1.807, 2.05) is 0 Å². The SMILES string of the molecule is NCc1noc(-c2ccc([N+](=O)[O-])cc2)n1. The summed E-state index contributed by atoms with van der Waals surface area (Å²) in [5.74, 6) is 0.698. The highest BCUT2D eigenvalue weighted by molar-refractivity contribution is 5.55. The lowest BCUT2D eigenvalue weighted by atomic mass is 10.2. The van der Waals surface area contributed by atoms with Crippen LogP contribution in [0.2, 0.25) is 0 Å². The summed E-state index contributed by atoms with van der Waals surface area (Å²) in [5, 5.41) is 14.1. The molecule has 1 aromatic carbocycles. The van der Waals surface area contributed by atoms with Gasteiger partial charge in [0.05, 0.1) is 11.5 Å². The van der Waals surface area contributed by atoms with E-state index in [1.54, 1.807) is 12.1 Å². The Morgan fingerprint density at radius 1 is 1.38 bits per heavy atom. The van der Waals surface area contributed by atoms with Crippen LogP contribution in [0.15, 0.2) is 28.8 Å². The first-order valence-electron chi connectivity index (χ1n) is 4.48. The fraction of sp³-hybridized carbons (Fsp3) is 0.111. The monoisotopic (exact) mass is 220 g/mol. The van der Waals surface area contributed by atoms with Gasteiger partial charge in [0.15, 0.2) is 5.82 Å². The Bertz CT molecular complexity index is 506. The average molecular weight is 220 g/mol. The molecule has 0 aliphatic rings. The molecule has 1 heterocycles. The van der Waals surface area contributed by atoms with E-state index in [0.29, 0.717) is 17.3 Å². The first kappa shape index (κ1) is 10.2. The minimum Gasteiger partial charge on any atom is -0.334 e. The summed E-state index contributed by atoms with van der Waals surface area (Å²) < 4.78 is 4.93. The van der Waals surface area contributed by atoms with Crippen LogP contribution in [0.5, 0.6) is 0 Å². The second-order valence-corrected chi connectivity index (χ2v) is 3.02. The van der Waals surface area contributed by atoms with Gasteiger partial charge in [-0.15, -0.1) is 0 Å². The highest BCUT2D eigenvalue weighted by Gasteiger charge is 2.10. The summed E-state index contributed by atoms with van der Waals surface area (Å²) >= 11 is 0. The minimum absolute atomic E-state index is 0.0160. The Balaban J connectivity index is 2.30. The standard InChI is InChI=1S/C9H8N4O3/c10-5-8-11-9(16-12-8)6-1-3-7(4-2-6)13(14)15/h1-4H,5,10H2. The maximum Gasteiger partial charge on any atom is 0.269 e. The van der Waals surface area contributed by atoms with Crippen LogP contribution in [0.4, 0.5) is 5.69 Å². The summed E-state index contributed by atoms with van der Waals surface area (Å²) in [4.78, 5) is 14.0. The van der Waals surface area contributed by atoms with Crippen LogP contribution in [0.3, 0.4) is 0 Å². The van der Waals surface area contributed by atoms with Crippen LogP contribution in [-0.4, -0.2) is 15.1 Å². The number of hydrogen-bond acceptors (Lipinski definition) is 6. The normalized spacial score (nSPS) is 10.3. The largest absolute Gasteiger partial charge is 0.334 e. The van der Waals surface area contributed by atoms with E-state index in [1.165, 1.54) is 12.1 Å². The Morgan fingerprint density at radius 3 is 2.56 bits per heavy atom. The van der Waals surface area contributed by atoms with Crippen molar-refractivity contribution in [1.82, 2.24) is 10.1 Å². The van der Waals surface area contributed by atoms with Crippen LogP contribution in [0, 0.1) is 10.1 Å². The average Bonchev–Trinajstić information content (AvgIpc) is 2.77. The van der Waals surface area contributed by atoms with Gasteiger partial charge in [0.1, 0.15) is 0 Å². The zero-order valence-corrected chi connectivity index (χ0v) is 8.16. The molecule has 2 aromatic rings. The first-order valence-corrected chi connectivity index (χ1v) is 4.48. The van der Waals surface area contributed by atoms with Gasteiger partial charge in [0, 0.05) is 17.7 Å². The van der Waals surface area contributed by atoms with Gasteiger partial charge >= 0.3 is 0 Å². The number of nitrogens with zero attached hydrogens (tertiary/aromatic N) is 3. The van der Waals surface area contributed by atoms with Gasteiger partial charge in [-0.2, -0.15) is 4.98 Å². The van der Waals surface area contributed by atoms with E-state index < -0.39 is 4.92 Å². The molecule has 0 aliphatic heterocycles. The van der Waals surface area contributed by atoms with Crippen LogP contribution in [0.25, 0.3) is 11.5 Å². The molecule has 16 heavy (non-hydrogen) atoms. The molecule has 0 saturated carbocycles. The number of aromatic nitrogens is 2. The number of nitrogens with two attached hydrogens (primary N) is 1. The van der Waals surface area contributed by atoms with Crippen molar-refractivity contribution in [2.24, 2.45) is 5.73 Å². The molecule has 2 N–H and O–H groups in total. The zero-order valence-electron chi connectivity index (χ0n) is 8.16. The molecule has 2 rings (SSSR count). The molecule has 0 radical (unpaired) electrons. The summed E-state index contributed by atoms with van der Waals surface area (Å²) in [5.41, 5.74) is 5.97. The predicted octanol–water partition coefficient (Wildman–Crippen LogP) is 1.10. The molecule has 0 atom stereocenters. The molecule has 0 spiro atoms. The third kappa shape index (κ3) is 1.89. The smallest absolute Gasteiger partial charge is 0.269 e. The molecule has 0 amide bonds. The predicted molar refractivity (Wildman–Crippen MR) is 54.3 cm³/mol. The van der Waals surface area contributed by atoms with Crippen LogP contribution < -0.4 is 5.73 Å². The second kappa shape index (κ2) is 4.07. The van der Waals surface area contributed by atoms with Gasteiger partial charge in [0.25, 0.3) is 11.6 Å². The molecule has 0 aliphatic carbocycles. The fourth-order valence-electron chi connectivity index (χ4n) is 1.18. The Labute approximate surface area is 90.0 Å². The van der Waals surface area contributed by atoms with Crippen LogP contribution in [-0.2, 0) is 6.54 Å². The third-order valence-electron chi connectivity index (χ3n) is 1.98. The molecule has 0 bridgehead atoms. The lowest BCUT2D eigenvalue weighted by Crippen LogP contribution is -1.97. The summed E-state index contributed by atoms with van der Waals surface area (Å²) in [6.45, 7) is 0.191. The number of hydrogen-bond donors (Lipinski definition) is 1. The van der Waals surface area contributed by atoms with Crippen molar-refractivity contribution in [2.75, 3.05) is 0 Å². The van der Waals surface area contributed by atoms with Crippen LogP contribution >= 0.6 is 0 Å². The molecule has 0 fully saturated rings. The van der Waals surface area contributed by atoms with Gasteiger partial charge in [-0.25, -0.2) is 0 Å². The van der Waals surface area contributed by atoms with Crippen molar-refractivity contribution >= 4 is 5.69 Å². The molecule has 1 aromatic heterocycles. The van der Waals surface area contributed by atoms with Gasteiger partial charge in [-0.05, 0) is 12.1 Å². The number of rotatable bonds is 3. The quantitative estimate of drug-likeness (QED) is 0.612. The Kier molecular flexibility index (Phi) is 2.61. The first-order chi connectivity index (χ1) is 7.70. The Hall–Kier alpha value is -2.28. The van der Waals surface area contributed by atoms with E-state index in [9.17, 15) is 10.1 Å². The van der Waals surface area contributed by atoms with Gasteiger partial charge in [0.2, 0.25) is 0 Å². The van der Waals surface area contributed by atoms with Gasteiger partial charge < -0.3 is 10.3 Å². The highest BCUT2D eigenvalue weighted by atomic mass is 16.6. The molecular weight excluding hydrogens is 212 g/mol. The highest BCUT2D eigenvalue weighted by Crippen LogP contribution is 2.20. The van der Waals surface area contributed by atoms with Crippen molar-refractivity contribution in [1.29, 1.82) is 0 Å². The fourth-order valence-corrected chi connectivity index (χ4v) is 1.18. The number of nitro groups is 1. The van der Waals surface area contributed by atoms with E-state index in [2.05, 4.69) is 10.1 Å². The second-order valence-electron chi connectivity index (χ2n) is 3.02. The van der Waals surface area contributed by atoms with Gasteiger partial charge in [-0.3, -0.25) is 10.1 Å². The summed E-state index contributed by atoms with van der Waals surface area (Å²) in [6, 6.07) is 5.85. The van der Waals surface area contributed by atoms with Crippen molar-refractivity contribution < 1.29 is 9.45 Å². The van der Waals surface area contributed by atoms with E-state index in [0.717, 1.165) is 0 Å². The molecule has 82 valence electrons. The maximum atomic E-state index is 10.4. The lowest BCUT2D eigenvalue weighted by molar-refractivity contribution is -0.384. The minimum atomic E-state index is -0.469. The summed E-state index contributed by atoms with van der Waals surface area (Å²) in [7, 11) is 0. The number of non-ortho nitro benzene ring substituents is 1. The van der Waals surface area contributed by atoms with E-state index in [4.69, 9.17) is 10.3 Å². The van der Waals surface area contributed by atoms with E-state index >= 15 is 0 Å². The molecule has 0 unspecified atom stereocenters. The third-order valence-corrected chi connectivity index (χ3v) is 1.98. The van der Waals surface area contributed by atoms with Crippen molar-refractivity contribution in [3.63, 3.8) is 0 Å². The lowest BCUT2D eigenvalue weighted by Gasteiger charge is -1.93. The summed E-state index contributed by atoms with van der Waals surface area (Å²) in [6.07, 6.45) is 0. The van der Waals surface area contributed by atoms with Crippen molar-refractivity contribution in [3.8, 4) is 11.5 Å². The molecule has 7 heteroatoms. The number of benzene rings is 1. The molecule has 7 nitrogen and oxygen atoms in total. The Morgan fingerprint density at radius 2 is 2.06 bits per heavy atom. The van der Waals surface area contributed by atoms with E-state index in [-0.39, 0.29) is 12.2 Å². The topological polar surface area (TPSA) is 108 Å². The van der Waals surface area contributed by atoms with Crippen molar-refractivity contribution in [2.45, 2.75) is 6.54 Å². The molecular formula is C9H8N4O3. The zero-order chi connectivity index (χ0) is 11.5.